The van der Waals surface area contributed by atoms with Crippen molar-refractivity contribution in [3.05, 3.63) is 133 Å². The maximum atomic E-state index is 16.9. The van der Waals surface area contributed by atoms with Crippen LogP contribution in [0.2, 0.25) is 0 Å². The summed E-state index contributed by atoms with van der Waals surface area (Å²) in [6.45, 7) is 0. The highest BCUT2D eigenvalue weighted by molar-refractivity contribution is 7.85. The molecular formula is C35H26F2N3O5P. The third kappa shape index (κ3) is 6.16. The maximum Gasteiger partial charge on any atom is 0.328 e. The summed E-state index contributed by atoms with van der Waals surface area (Å²) in [6.07, 6.45) is 0. The second-order valence-corrected chi connectivity index (χ2v) is 12.5. The van der Waals surface area contributed by atoms with E-state index in [-0.39, 0.29) is 34.0 Å². The van der Waals surface area contributed by atoms with Crippen molar-refractivity contribution in [1.82, 2.24) is 15.0 Å². The first-order chi connectivity index (χ1) is 22.4. The zero-order valence-electron chi connectivity index (χ0n) is 24.6. The lowest BCUT2D eigenvalue weighted by atomic mass is 10.2. The third-order valence-electron chi connectivity index (χ3n) is 6.99. The molecule has 0 bridgehead atoms. The molecule has 230 valence electrons. The van der Waals surface area contributed by atoms with Gasteiger partial charge in [-0.05, 0) is 84.9 Å². The van der Waals surface area contributed by atoms with Gasteiger partial charge in [-0.15, -0.1) is 4.98 Å². The fourth-order valence-corrected chi connectivity index (χ4v) is 7.46. The molecule has 11 heteroatoms. The Kier molecular flexibility index (Phi) is 8.72. The Morgan fingerprint density at radius 3 is 1.43 bits per heavy atom. The van der Waals surface area contributed by atoms with E-state index in [2.05, 4.69) is 15.0 Å². The van der Waals surface area contributed by atoms with Crippen LogP contribution in [-0.4, -0.2) is 29.2 Å². The monoisotopic (exact) mass is 637 g/mol. The molecule has 6 aromatic rings. The Balaban J connectivity index is 1.53. The smallest absolute Gasteiger partial charge is 0.328 e. The highest BCUT2D eigenvalue weighted by Gasteiger charge is 2.37. The van der Waals surface area contributed by atoms with Crippen molar-refractivity contribution in [2.45, 2.75) is 0 Å². The van der Waals surface area contributed by atoms with E-state index >= 15 is 13.3 Å². The van der Waals surface area contributed by atoms with Gasteiger partial charge in [0.1, 0.15) is 34.6 Å². The highest BCUT2D eigenvalue weighted by atomic mass is 31.2. The summed E-state index contributed by atoms with van der Waals surface area (Å²) < 4.78 is 70.1. The molecule has 0 aliphatic rings. The van der Waals surface area contributed by atoms with Crippen LogP contribution in [0.3, 0.4) is 0 Å². The number of ether oxygens (including phenoxy) is 4. The Morgan fingerprint density at radius 2 is 1.00 bits per heavy atom. The van der Waals surface area contributed by atoms with E-state index in [1.807, 2.05) is 12.1 Å². The van der Waals surface area contributed by atoms with Gasteiger partial charge in [-0.2, -0.15) is 9.97 Å². The lowest BCUT2D eigenvalue weighted by molar-refractivity contribution is 0.398. The zero-order valence-corrected chi connectivity index (χ0v) is 25.5. The molecular weight excluding hydrogens is 611 g/mol. The number of aromatic nitrogens is 3. The minimum Gasteiger partial charge on any atom is -0.497 e. The maximum absolute atomic E-state index is 16.9. The summed E-state index contributed by atoms with van der Waals surface area (Å²) in [6, 6.07) is 31.7. The SMILES string of the molecule is COc1ccc(P(=O)(c2ccc(OC)cc2)c2c(F)ccc(-c3nc(Oc4ccccc4)nc(Oc4ccccc4)n3)c2F)cc1. The molecule has 0 spiro atoms. The Bertz CT molecular complexity index is 1900. The summed E-state index contributed by atoms with van der Waals surface area (Å²) in [5.41, 5.74) is -0.239. The minimum absolute atomic E-state index is 0.185. The number of methoxy groups -OCH3 is 2. The van der Waals surface area contributed by atoms with Crippen LogP contribution >= 0.6 is 7.14 Å². The molecule has 6 rings (SSSR count). The van der Waals surface area contributed by atoms with Gasteiger partial charge in [-0.25, -0.2) is 8.78 Å². The predicted molar refractivity (Wildman–Crippen MR) is 171 cm³/mol. The molecule has 0 unspecified atom stereocenters. The van der Waals surface area contributed by atoms with Crippen molar-refractivity contribution < 1.29 is 32.3 Å². The Labute approximate surface area is 263 Å². The fourth-order valence-electron chi connectivity index (χ4n) is 4.73. The van der Waals surface area contributed by atoms with Crippen LogP contribution in [0.25, 0.3) is 11.4 Å². The summed E-state index contributed by atoms with van der Waals surface area (Å²) in [7, 11) is -1.21. The van der Waals surface area contributed by atoms with E-state index in [1.165, 1.54) is 44.6 Å². The molecule has 8 nitrogen and oxygen atoms in total. The molecule has 46 heavy (non-hydrogen) atoms. The molecule has 0 atom stereocenters. The van der Waals surface area contributed by atoms with Crippen molar-refractivity contribution in [2.75, 3.05) is 14.2 Å². The molecule has 0 aliphatic carbocycles. The summed E-state index contributed by atoms with van der Waals surface area (Å²) in [5.74, 6) is -0.544. The number of nitrogens with zero attached hydrogens (tertiary/aromatic N) is 3. The van der Waals surface area contributed by atoms with Gasteiger partial charge in [0.05, 0.1) is 25.1 Å². The Morgan fingerprint density at radius 1 is 0.543 bits per heavy atom. The van der Waals surface area contributed by atoms with Crippen LogP contribution in [0, 0.1) is 11.6 Å². The van der Waals surface area contributed by atoms with E-state index in [0.717, 1.165) is 6.07 Å². The highest BCUT2D eigenvalue weighted by Crippen LogP contribution is 2.46. The molecule has 1 heterocycles. The molecule has 0 N–H and O–H groups in total. The van der Waals surface area contributed by atoms with Gasteiger partial charge in [0.2, 0.25) is 0 Å². The van der Waals surface area contributed by atoms with Gasteiger partial charge in [-0.1, -0.05) is 36.4 Å². The van der Waals surface area contributed by atoms with Gasteiger partial charge in [0, 0.05) is 10.6 Å². The molecule has 0 fully saturated rings. The van der Waals surface area contributed by atoms with E-state index in [1.54, 1.807) is 72.8 Å². The van der Waals surface area contributed by atoms with Crippen molar-refractivity contribution in [2.24, 2.45) is 0 Å². The number of hydrogen-bond donors (Lipinski definition) is 0. The first-order valence-corrected chi connectivity index (χ1v) is 15.7. The van der Waals surface area contributed by atoms with Crippen LogP contribution in [-0.2, 0) is 4.57 Å². The molecule has 0 saturated heterocycles. The van der Waals surface area contributed by atoms with Crippen LogP contribution in [0.4, 0.5) is 8.78 Å². The number of halogens is 2. The van der Waals surface area contributed by atoms with E-state index < -0.39 is 24.1 Å². The van der Waals surface area contributed by atoms with Crippen molar-refractivity contribution in [3.63, 3.8) is 0 Å². The lowest BCUT2D eigenvalue weighted by Crippen LogP contribution is -2.30. The van der Waals surface area contributed by atoms with Gasteiger partial charge in [0.15, 0.2) is 13.0 Å². The van der Waals surface area contributed by atoms with Gasteiger partial charge >= 0.3 is 12.0 Å². The largest absolute Gasteiger partial charge is 0.497 e. The average molecular weight is 638 g/mol. The zero-order chi connectivity index (χ0) is 32.1. The van der Waals surface area contributed by atoms with Crippen LogP contribution in [0.1, 0.15) is 0 Å². The molecule has 0 aliphatic heterocycles. The number of benzene rings is 5. The topological polar surface area (TPSA) is 92.7 Å². The normalized spacial score (nSPS) is 11.1. The predicted octanol–water partition coefficient (Wildman–Crippen LogP) is 7.06. The number of rotatable bonds is 10. The van der Waals surface area contributed by atoms with Gasteiger partial charge < -0.3 is 23.5 Å². The van der Waals surface area contributed by atoms with E-state index in [0.29, 0.717) is 23.0 Å². The Hall–Kier alpha value is -5.60. The van der Waals surface area contributed by atoms with Crippen molar-refractivity contribution in [1.29, 1.82) is 0 Å². The molecule has 0 radical (unpaired) electrons. The second kappa shape index (κ2) is 13.2. The molecule has 0 amide bonds. The molecule has 0 saturated carbocycles. The van der Waals surface area contributed by atoms with Gasteiger partial charge in [-0.3, -0.25) is 0 Å². The quantitative estimate of drug-likeness (QED) is 0.148. The molecule has 5 aromatic carbocycles. The minimum atomic E-state index is -4.19. The van der Waals surface area contributed by atoms with Crippen LogP contribution in [0.5, 0.6) is 35.0 Å². The van der Waals surface area contributed by atoms with Crippen molar-refractivity contribution >= 4 is 23.1 Å². The van der Waals surface area contributed by atoms with Crippen LogP contribution in [0.15, 0.2) is 121 Å². The van der Waals surface area contributed by atoms with Gasteiger partial charge in [0.25, 0.3) is 0 Å². The first-order valence-electron chi connectivity index (χ1n) is 14.0. The summed E-state index contributed by atoms with van der Waals surface area (Å²) in [5, 5.41) is -0.271. The van der Waals surface area contributed by atoms with E-state index in [4.69, 9.17) is 18.9 Å². The van der Waals surface area contributed by atoms with Crippen LogP contribution < -0.4 is 34.9 Å². The van der Waals surface area contributed by atoms with E-state index in [9.17, 15) is 0 Å². The fraction of sp³-hybridized carbons (Fsp3) is 0.0571. The number of para-hydroxylation sites is 2. The standard InChI is InChI=1S/C35H26F2N3O5P/c1-42-23-13-17-27(18-14-23)46(41,28-19-15-24(43-2)16-20-28)32-30(36)22-21-29(31(32)37)33-38-34(44-25-9-5-3-6-10-25)40-35(39-33)45-26-11-7-4-8-12-26/h3-22H,1-2H3. The van der Waals surface area contributed by atoms with Crippen molar-refractivity contribution in [3.8, 4) is 46.4 Å². The third-order valence-corrected chi connectivity index (χ3v) is 10.1. The lowest BCUT2D eigenvalue weighted by Gasteiger charge is -2.22. The summed E-state index contributed by atoms with van der Waals surface area (Å²) in [4.78, 5) is 12.9. The summed E-state index contributed by atoms with van der Waals surface area (Å²) >= 11 is 0. The average Bonchev–Trinajstić information content (AvgIpc) is 3.09. The molecule has 1 aromatic heterocycles. The second-order valence-electron chi connectivity index (χ2n) is 9.82. The number of hydrogen-bond acceptors (Lipinski definition) is 8. The first kappa shape index (κ1) is 30.4.